The number of benzene rings is 2. The zero-order valence-electron chi connectivity index (χ0n) is 15.2. The second-order valence-corrected chi connectivity index (χ2v) is 6.99. The van der Waals surface area contributed by atoms with Gasteiger partial charge in [0.25, 0.3) is 5.91 Å². The van der Waals surface area contributed by atoms with Crippen molar-refractivity contribution in [1.29, 1.82) is 0 Å². The van der Waals surface area contributed by atoms with Crippen LogP contribution in [0.25, 0.3) is 0 Å². The summed E-state index contributed by atoms with van der Waals surface area (Å²) >= 11 is 0. The van der Waals surface area contributed by atoms with Crippen molar-refractivity contribution in [2.75, 3.05) is 0 Å². The minimum absolute atomic E-state index is 0.100. The Morgan fingerprint density at radius 3 is 2.42 bits per heavy atom. The van der Waals surface area contributed by atoms with Crippen molar-refractivity contribution in [2.24, 2.45) is 0 Å². The zero-order valence-corrected chi connectivity index (χ0v) is 15.2. The molecule has 0 saturated heterocycles. The second kappa shape index (κ2) is 7.52. The Morgan fingerprint density at radius 1 is 1.08 bits per heavy atom. The van der Waals surface area contributed by atoms with Gasteiger partial charge in [0.1, 0.15) is 5.75 Å². The summed E-state index contributed by atoms with van der Waals surface area (Å²) in [5.41, 5.74) is 3.09. The molecule has 2 rings (SSSR count). The van der Waals surface area contributed by atoms with Gasteiger partial charge in [-0.1, -0.05) is 42.5 Å². The molecule has 0 spiro atoms. The van der Waals surface area contributed by atoms with Crippen LogP contribution in [0.2, 0.25) is 0 Å². The number of carbonyl (C=O) groups is 1. The normalized spacial score (nSPS) is 12.5. The quantitative estimate of drug-likeness (QED) is 0.864. The molecule has 0 heterocycles. The van der Waals surface area contributed by atoms with Crippen LogP contribution in [0.5, 0.6) is 5.75 Å². The maximum Gasteiger partial charge on any atom is 0.261 e. The number of rotatable bonds is 6. The Labute approximate surface area is 145 Å². The molecule has 0 aliphatic rings. The highest BCUT2D eigenvalue weighted by Crippen LogP contribution is 2.22. The van der Waals surface area contributed by atoms with Gasteiger partial charge in [-0.25, -0.2) is 0 Å². The van der Waals surface area contributed by atoms with Gasteiger partial charge in [0, 0.05) is 5.54 Å². The molecule has 1 N–H and O–H groups in total. The Hall–Kier alpha value is -2.29. The number of amides is 1. The first kappa shape index (κ1) is 18.1. The lowest BCUT2D eigenvalue weighted by Crippen LogP contribution is -2.49. The van der Waals surface area contributed by atoms with E-state index in [-0.39, 0.29) is 11.4 Å². The summed E-state index contributed by atoms with van der Waals surface area (Å²) < 4.78 is 5.87. The summed E-state index contributed by atoms with van der Waals surface area (Å²) in [6.07, 6.45) is 0.232. The van der Waals surface area contributed by atoms with Crippen LogP contribution in [0.1, 0.15) is 37.5 Å². The first-order chi connectivity index (χ1) is 11.3. The van der Waals surface area contributed by atoms with Crippen LogP contribution in [-0.2, 0) is 11.2 Å². The zero-order chi connectivity index (χ0) is 17.7. The molecule has 2 aromatic carbocycles. The monoisotopic (exact) mass is 325 g/mol. The van der Waals surface area contributed by atoms with Crippen molar-refractivity contribution in [3.05, 3.63) is 65.2 Å². The molecule has 1 amide bonds. The topological polar surface area (TPSA) is 38.3 Å². The van der Waals surface area contributed by atoms with Crippen molar-refractivity contribution >= 4 is 5.91 Å². The largest absolute Gasteiger partial charge is 0.481 e. The molecule has 0 aromatic heterocycles. The van der Waals surface area contributed by atoms with E-state index in [1.165, 1.54) is 5.56 Å². The minimum atomic E-state index is -0.541. The molecule has 2 aromatic rings. The van der Waals surface area contributed by atoms with Crippen LogP contribution < -0.4 is 10.1 Å². The summed E-state index contributed by atoms with van der Waals surface area (Å²) in [5, 5.41) is 3.09. The average Bonchev–Trinajstić information content (AvgIpc) is 2.51. The third-order valence-electron chi connectivity index (χ3n) is 4.18. The highest BCUT2D eigenvalue weighted by molar-refractivity contribution is 5.81. The number of nitrogens with one attached hydrogen (secondary N) is 1. The summed E-state index contributed by atoms with van der Waals surface area (Å²) in [6.45, 7) is 9.89. The average molecular weight is 325 g/mol. The predicted octanol–water partition coefficient (Wildman–Crippen LogP) is 4.21. The molecule has 0 fully saturated rings. The number of hydrogen-bond donors (Lipinski definition) is 1. The van der Waals surface area contributed by atoms with Crippen LogP contribution in [0.15, 0.2) is 48.5 Å². The van der Waals surface area contributed by atoms with E-state index in [1.807, 2.05) is 64.1 Å². The summed E-state index contributed by atoms with van der Waals surface area (Å²) in [7, 11) is 0. The summed E-state index contributed by atoms with van der Waals surface area (Å²) in [4.78, 5) is 12.5. The molecule has 128 valence electrons. The van der Waals surface area contributed by atoms with Crippen molar-refractivity contribution in [2.45, 2.75) is 52.7 Å². The number of hydrogen-bond acceptors (Lipinski definition) is 2. The third-order valence-corrected chi connectivity index (χ3v) is 4.18. The highest BCUT2D eigenvalue weighted by atomic mass is 16.5. The van der Waals surface area contributed by atoms with Gasteiger partial charge in [-0.15, -0.1) is 0 Å². The van der Waals surface area contributed by atoms with Crippen molar-refractivity contribution < 1.29 is 9.53 Å². The van der Waals surface area contributed by atoms with Gasteiger partial charge in [0.05, 0.1) is 0 Å². The van der Waals surface area contributed by atoms with Gasteiger partial charge in [-0.3, -0.25) is 4.79 Å². The molecule has 3 nitrogen and oxygen atoms in total. The fraction of sp³-hybridized carbons (Fsp3) is 0.381. The smallest absolute Gasteiger partial charge is 0.261 e. The van der Waals surface area contributed by atoms with Crippen molar-refractivity contribution in [1.82, 2.24) is 5.32 Å². The number of aryl methyl sites for hydroxylation is 1. The van der Waals surface area contributed by atoms with Gasteiger partial charge in [0.15, 0.2) is 6.10 Å². The lowest BCUT2D eigenvalue weighted by Gasteiger charge is -2.28. The Kier molecular flexibility index (Phi) is 5.66. The summed E-state index contributed by atoms with van der Waals surface area (Å²) in [5.74, 6) is 0.662. The van der Waals surface area contributed by atoms with E-state index in [0.29, 0.717) is 0 Å². The molecule has 1 atom stereocenters. The number of carbonyl (C=O) groups excluding carboxylic acids is 1. The van der Waals surface area contributed by atoms with Crippen LogP contribution in [-0.4, -0.2) is 17.6 Å². The molecular weight excluding hydrogens is 298 g/mol. The molecule has 3 heteroatoms. The van der Waals surface area contributed by atoms with E-state index in [9.17, 15) is 4.79 Å². The van der Waals surface area contributed by atoms with Crippen molar-refractivity contribution in [3.8, 4) is 5.75 Å². The molecule has 0 radical (unpaired) electrons. The Morgan fingerprint density at radius 2 is 1.75 bits per heavy atom. The van der Waals surface area contributed by atoms with Crippen molar-refractivity contribution in [3.63, 3.8) is 0 Å². The standard InChI is InChI=1S/C21H27NO2/c1-15-10-9-13-19(16(15)2)24-17(3)20(23)22-21(4,5)14-18-11-7-6-8-12-18/h6-13,17H,14H2,1-5H3,(H,22,23)/t17-/m0/s1. The van der Waals surface area contributed by atoms with E-state index in [1.54, 1.807) is 6.92 Å². The molecule has 0 aliphatic carbocycles. The molecule has 0 saturated carbocycles. The van der Waals surface area contributed by atoms with E-state index in [0.717, 1.165) is 23.3 Å². The lowest BCUT2D eigenvalue weighted by molar-refractivity contribution is -0.128. The first-order valence-electron chi connectivity index (χ1n) is 8.37. The van der Waals surface area contributed by atoms with E-state index in [2.05, 4.69) is 17.4 Å². The summed E-state index contributed by atoms with van der Waals surface area (Å²) in [6, 6.07) is 16.1. The van der Waals surface area contributed by atoms with Gasteiger partial charge in [-0.2, -0.15) is 0 Å². The highest BCUT2D eigenvalue weighted by Gasteiger charge is 2.25. The van der Waals surface area contributed by atoms with Crippen LogP contribution in [0.3, 0.4) is 0 Å². The molecule has 0 bridgehead atoms. The molecule has 24 heavy (non-hydrogen) atoms. The van der Waals surface area contributed by atoms with Crippen LogP contribution in [0, 0.1) is 13.8 Å². The van der Waals surface area contributed by atoms with Gasteiger partial charge >= 0.3 is 0 Å². The lowest BCUT2D eigenvalue weighted by atomic mass is 9.94. The molecule has 0 aliphatic heterocycles. The first-order valence-corrected chi connectivity index (χ1v) is 8.37. The minimum Gasteiger partial charge on any atom is -0.481 e. The molecular formula is C21H27NO2. The van der Waals surface area contributed by atoms with E-state index in [4.69, 9.17) is 4.74 Å². The number of ether oxygens (including phenoxy) is 1. The Bertz CT molecular complexity index is 692. The van der Waals surface area contributed by atoms with Crippen LogP contribution in [0.4, 0.5) is 0 Å². The predicted molar refractivity (Wildman–Crippen MR) is 98.4 cm³/mol. The van der Waals surface area contributed by atoms with Gasteiger partial charge < -0.3 is 10.1 Å². The second-order valence-electron chi connectivity index (χ2n) is 6.99. The van der Waals surface area contributed by atoms with E-state index < -0.39 is 6.10 Å². The SMILES string of the molecule is Cc1cccc(O[C@@H](C)C(=O)NC(C)(C)Cc2ccccc2)c1C. The van der Waals surface area contributed by atoms with Crippen LogP contribution >= 0.6 is 0 Å². The maximum absolute atomic E-state index is 12.5. The van der Waals surface area contributed by atoms with Gasteiger partial charge in [-0.05, 0) is 63.8 Å². The maximum atomic E-state index is 12.5. The fourth-order valence-electron chi connectivity index (χ4n) is 2.68. The van der Waals surface area contributed by atoms with E-state index >= 15 is 0 Å². The molecule has 0 unspecified atom stereocenters. The Balaban J connectivity index is 1.99. The fourth-order valence-corrected chi connectivity index (χ4v) is 2.68. The third kappa shape index (κ3) is 4.85. The van der Waals surface area contributed by atoms with Gasteiger partial charge in [0.2, 0.25) is 0 Å².